The Labute approximate surface area is 113 Å². The van der Waals surface area contributed by atoms with Crippen LogP contribution in [0.25, 0.3) is 5.52 Å². The van der Waals surface area contributed by atoms with Gasteiger partial charge in [-0.3, -0.25) is 0 Å². The van der Waals surface area contributed by atoms with Crippen molar-refractivity contribution >= 4 is 18.1 Å². The Morgan fingerprint density at radius 1 is 1.16 bits per heavy atom. The minimum atomic E-state index is -0.357. The van der Waals surface area contributed by atoms with E-state index in [0.29, 0.717) is 0 Å². The third-order valence-corrected chi connectivity index (χ3v) is 4.21. The van der Waals surface area contributed by atoms with Crippen molar-refractivity contribution in [3.8, 4) is 0 Å². The van der Waals surface area contributed by atoms with Crippen molar-refractivity contribution in [2.75, 3.05) is 0 Å². The normalized spacial score (nSPS) is 21.2. The van der Waals surface area contributed by atoms with E-state index in [4.69, 9.17) is 9.31 Å². The average molecular weight is 258 g/mol. The molecule has 5 heteroatoms. The van der Waals surface area contributed by atoms with E-state index in [9.17, 15) is 0 Å². The first-order valence-corrected chi connectivity index (χ1v) is 6.60. The summed E-state index contributed by atoms with van der Waals surface area (Å²) in [6.45, 7) is 10.3. The van der Waals surface area contributed by atoms with Crippen LogP contribution in [-0.4, -0.2) is 27.9 Å². The van der Waals surface area contributed by atoms with Crippen LogP contribution in [0.15, 0.2) is 24.5 Å². The van der Waals surface area contributed by atoms with Crippen molar-refractivity contribution < 1.29 is 9.31 Å². The van der Waals surface area contributed by atoms with Crippen molar-refractivity contribution in [3.05, 3.63) is 30.1 Å². The average Bonchev–Trinajstić information content (AvgIpc) is 2.77. The van der Waals surface area contributed by atoms with Crippen molar-refractivity contribution in [3.63, 3.8) is 0 Å². The van der Waals surface area contributed by atoms with Gasteiger partial charge in [0.2, 0.25) is 0 Å². The highest BCUT2D eigenvalue weighted by molar-refractivity contribution is 6.64. The second-order valence-corrected chi connectivity index (χ2v) is 6.22. The van der Waals surface area contributed by atoms with Crippen LogP contribution in [0, 0.1) is 6.92 Å². The van der Waals surface area contributed by atoms with Crippen LogP contribution < -0.4 is 5.46 Å². The molecule has 2 aromatic rings. The molecule has 4 nitrogen and oxygen atoms in total. The van der Waals surface area contributed by atoms with Gasteiger partial charge < -0.3 is 9.31 Å². The predicted molar refractivity (Wildman–Crippen MR) is 75.6 cm³/mol. The number of aryl methyl sites for hydroxylation is 1. The highest BCUT2D eigenvalue weighted by Gasteiger charge is 2.52. The van der Waals surface area contributed by atoms with Gasteiger partial charge in [-0.05, 0) is 52.3 Å². The molecule has 1 aliphatic heterocycles. The number of hydrogen-bond acceptors (Lipinski definition) is 3. The van der Waals surface area contributed by atoms with Crippen LogP contribution in [0.5, 0.6) is 0 Å². The monoisotopic (exact) mass is 258 g/mol. The lowest BCUT2D eigenvalue weighted by atomic mass is 9.80. The second kappa shape index (κ2) is 3.84. The molecule has 0 aliphatic carbocycles. The predicted octanol–water partition coefficient (Wildman–Crippen LogP) is 1.94. The third kappa shape index (κ3) is 1.88. The fourth-order valence-corrected chi connectivity index (χ4v) is 2.26. The molecule has 0 spiro atoms. The summed E-state index contributed by atoms with van der Waals surface area (Å²) in [6.07, 6.45) is 3.79. The fraction of sp³-hybridized carbons (Fsp3) is 0.500. The first-order chi connectivity index (χ1) is 8.80. The van der Waals surface area contributed by atoms with Gasteiger partial charge in [-0.15, -0.1) is 0 Å². The third-order valence-electron chi connectivity index (χ3n) is 4.21. The smallest absolute Gasteiger partial charge is 0.399 e. The summed E-state index contributed by atoms with van der Waals surface area (Å²) >= 11 is 0. The van der Waals surface area contributed by atoms with Crippen molar-refractivity contribution in [2.24, 2.45) is 0 Å². The van der Waals surface area contributed by atoms with Crippen LogP contribution in [0.2, 0.25) is 0 Å². The van der Waals surface area contributed by atoms with Gasteiger partial charge in [0.15, 0.2) is 0 Å². The summed E-state index contributed by atoms with van der Waals surface area (Å²) < 4.78 is 14.0. The van der Waals surface area contributed by atoms with E-state index in [-0.39, 0.29) is 18.3 Å². The van der Waals surface area contributed by atoms with Crippen LogP contribution in [0.1, 0.15) is 33.3 Å². The zero-order chi connectivity index (χ0) is 13.8. The molecule has 3 heterocycles. The standard InChI is InChI=1S/C14H19BN2O2/c1-10-6-7-17-12(8-10)11(9-16-17)15-18-13(2,3)14(4,5)19-15/h6-9H,1-5H3. The molecule has 0 atom stereocenters. The molecular weight excluding hydrogens is 239 g/mol. The van der Waals surface area contributed by atoms with Crippen molar-refractivity contribution in [2.45, 2.75) is 45.8 Å². The molecule has 19 heavy (non-hydrogen) atoms. The van der Waals surface area contributed by atoms with Crippen LogP contribution in [-0.2, 0) is 9.31 Å². The molecule has 0 amide bonds. The minimum Gasteiger partial charge on any atom is -0.399 e. The molecule has 3 rings (SSSR count). The summed E-state index contributed by atoms with van der Waals surface area (Å²) in [6, 6.07) is 4.14. The maximum absolute atomic E-state index is 6.08. The maximum atomic E-state index is 6.08. The molecule has 2 aromatic heterocycles. The molecule has 0 aromatic carbocycles. The highest BCUT2D eigenvalue weighted by atomic mass is 16.7. The van der Waals surface area contributed by atoms with Gasteiger partial charge in [0, 0.05) is 17.9 Å². The fourth-order valence-electron chi connectivity index (χ4n) is 2.26. The molecule has 0 bridgehead atoms. The molecule has 1 saturated heterocycles. The summed E-state index contributed by atoms with van der Waals surface area (Å²) in [5.41, 5.74) is 2.58. The molecule has 0 unspecified atom stereocenters. The molecule has 1 fully saturated rings. The van der Waals surface area contributed by atoms with Gasteiger partial charge in [0.05, 0.1) is 16.7 Å². The van der Waals surface area contributed by atoms with E-state index >= 15 is 0 Å². The van der Waals surface area contributed by atoms with Crippen molar-refractivity contribution in [1.29, 1.82) is 0 Å². The Hall–Kier alpha value is -1.33. The van der Waals surface area contributed by atoms with E-state index in [1.165, 1.54) is 5.56 Å². The van der Waals surface area contributed by atoms with Gasteiger partial charge in [0.1, 0.15) is 0 Å². The Kier molecular flexibility index (Phi) is 2.56. The Balaban J connectivity index is 2.05. The first-order valence-electron chi connectivity index (χ1n) is 6.60. The van der Waals surface area contributed by atoms with E-state index < -0.39 is 0 Å². The Bertz CT molecular complexity index is 617. The largest absolute Gasteiger partial charge is 0.498 e. The summed E-state index contributed by atoms with van der Waals surface area (Å²) in [5.74, 6) is 0. The summed E-state index contributed by atoms with van der Waals surface area (Å²) in [4.78, 5) is 0. The zero-order valence-corrected chi connectivity index (χ0v) is 12.1. The first kappa shape index (κ1) is 12.7. The summed E-state index contributed by atoms with van der Waals surface area (Å²) in [7, 11) is -0.357. The van der Waals surface area contributed by atoms with Crippen LogP contribution >= 0.6 is 0 Å². The maximum Gasteiger partial charge on any atom is 0.498 e. The SMILES string of the molecule is Cc1ccn2ncc(B3OC(C)(C)C(C)(C)O3)c2c1. The van der Waals surface area contributed by atoms with Gasteiger partial charge in [-0.1, -0.05) is 0 Å². The molecular formula is C14H19BN2O2. The molecule has 0 N–H and O–H groups in total. The van der Waals surface area contributed by atoms with Gasteiger partial charge >= 0.3 is 7.12 Å². The molecule has 1 aliphatic rings. The lowest BCUT2D eigenvalue weighted by Crippen LogP contribution is -2.41. The van der Waals surface area contributed by atoms with E-state index in [1.54, 1.807) is 0 Å². The Morgan fingerprint density at radius 3 is 2.42 bits per heavy atom. The quantitative estimate of drug-likeness (QED) is 0.733. The number of aromatic nitrogens is 2. The lowest BCUT2D eigenvalue weighted by Gasteiger charge is -2.32. The Morgan fingerprint density at radius 2 is 1.79 bits per heavy atom. The van der Waals surface area contributed by atoms with Crippen molar-refractivity contribution in [1.82, 2.24) is 9.61 Å². The van der Waals surface area contributed by atoms with Gasteiger partial charge in [-0.25, -0.2) is 4.52 Å². The van der Waals surface area contributed by atoms with Crippen LogP contribution in [0.4, 0.5) is 0 Å². The topological polar surface area (TPSA) is 35.8 Å². The minimum absolute atomic E-state index is 0.324. The molecule has 0 radical (unpaired) electrons. The number of fused-ring (bicyclic) bond motifs is 1. The van der Waals surface area contributed by atoms with Gasteiger partial charge in [-0.2, -0.15) is 5.10 Å². The molecule has 100 valence electrons. The number of hydrogen-bond donors (Lipinski definition) is 0. The van der Waals surface area contributed by atoms with Gasteiger partial charge in [0.25, 0.3) is 0 Å². The van der Waals surface area contributed by atoms with E-state index in [1.807, 2.05) is 23.0 Å². The molecule has 0 saturated carbocycles. The van der Waals surface area contributed by atoms with E-state index in [2.05, 4.69) is 45.8 Å². The van der Waals surface area contributed by atoms with Crippen LogP contribution in [0.3, 0.4) is 0 Å². The van der Waals surface area contributed by atoms with E-state index in [0.717, 1.165) is 11.0 Å². The lowest BCUT2D eigenvalue weighted by molar-refractivity contribution is 0.00578. The number of rotatable bonds is 1. The number of pyridine rings is 1. The zero-order valence-electron chi connectivity index (χ0n) is 12.1. The number of nitrogens with zero attached hydrogens (tertiary/aromatic N) is 2. The highest BCUT2D eigenvalue weighted by Crippen LogP contribution is 2.36. The second-order valence-electron chi connectivity index (χ2n) is 6.22. The summed E-state index contributed by atoms with van der Waals surface area (Å²) in [5, 5.41) is 4.36.